The van der Waals surface area contributed by atoms with Gasteiger partial charge < -0.3 is 9.80 Å². The summed E-state index contributed by atoms with van der Waals surface area (Å²) >= 11 is 0. The van der Waals surface area contributed by atoms with Crippen LogP contribution < -0.4 is 9.80 Å². The number of hydrogen-bond donors (Lipinski definition) is 0. The Morgan fingerprint density at radius 2 is 1.85 bits per heavy atom. The van der Waals surface area contributed by atoms with E-state index in [4.69, 9.17) is 4.98 Å². The summed E-state index contributed by atoms with van der Waals surface area (Å²) in [4.78, 5) is 9.27. The van der Waals surface area contributed by atoms with Crippen LogP contribution >= 0.6 is 0 Å². The molecule has 1 atom stereocenters. The summed E-state index contributed by atoms with van der Waals surface area (Å²) in [5.74, 6) is 1.53. The van der Waals surface area contributed by atoms with Gasteiger partial charge in [-0.1, -0.05) is 48.5 Å². The summed E-state index contributed by atoms with van der Waals surface area (Å²) in [6, 6.07) is 19.3. The molecule has 5 nitrogen and oxygen atoms in total. The Morgan fingerprint density at radius 1 is 1.08 bits per heavy atom. The highest BCUT2D eigenvalue weighted by molar-refractivity contribution is 5.68. The first-order valence-electron chi connectivity index (χ1n) is 9.12. The van der Waals surface area contributed by atoms with Gasteiger partial charge in [0.05, 0.1) is 6.20 Å². The van der Waals surface area contributed by atoms with Crippen LogP contribution in [0.5, 0.6) is 0 Å². The lowest BCUT2D eigenvalue weighted by Gasteiger charge is -2.25. The molecule has 1 aliphatic rings. The molecule has 1 aromatic heterocycles. The molecule has 0 saturated carbocycles. The molecule has 0 aliphatic carbocycles. The first-order chi connectivity index (χ1) is 12.8. The van der Waals surface area contributed by atoms with E-state index in [2.05, 4.69) is 82.4 Å². The van der Waals surface area contributed by atoms with Crippen molar-refractivity contribution in [1.29, 1.82) is 0 Å². The van der Waals surface area contributed by atoms with Gasteiger partial charge in [0.25, 0.3) is 0 Å². The van der Waals surface area contributed by atoms with Gasteiger partial charge in [0.1, 0.15) is 0 Å². The van der Waals surface area contributed by atoms with E-state index in [1.165, 1.54) is 16.8 Å². The second-order valence-corrected chi connectivity index (χ2v) is 6.67. The van der Waals surface area contributed by atoms with Crippen molar-refractivity contribution in [1.82, 2.24) is 15.2 Å². The SMILES string of the molecule is CCN(Cc1ccccc1)c1nncc(N2c3ccccc3CC2C)n1. The predicted octanol–water partition coefficient (Wildman–Crippen LogP) is 3.98. The Balaban J connectivity index is 1.64. The maximum atomic E-state index is 4.85. The summed E-state index contributed by atoms with van der Waals surface area (Å²) in [7, 11) is 0. The lowest BCUT2D eigenvalue weighted by atomic mass is 10.1. The van der Waals surface area contributed by atoms with Crippen LogP contribution in [0, 0.1) is 0 Å². The van der Waals surface area contributed by atoms with Crippen molar-refractivity contribution in [2.75, 3.05) is 16.3 Å². The van der Waals surface area contributed by atoms with Crippen LogP contribution in [0.4, 0.5) is 17.5 Å². The molecule has 3 aromatic rings. The number of benzene rings is 2. The zero-order valence-corrected chi connectivity index (χ0v) is 15.2. The minimum Gasteiger partial charge on any atom is -0.335 e. The third kappa shape index (κ3) is 3.12. The third-order valence-corrected chi connectivity index (χ3v) is 4.87. The fourth-order valence-electron chi connectivity index (χ4n) is 3.58. The number of fused-ring (bicyclic) bond motifs is 1. The van der Waals surface area contributed by atoms with Crippen molar-refractivity contribution in [3.63, 3.8) is 0 Å². The van der Waals surface area contributed by atoms with Crippen LogP contribution in [0.2, 0.25) is 0 Å². The largest absolute Gasteiger partial charge is 0.335 e. The summed E-state index contributed by atoms with van der Waals surface area (Å²) in [6.45, 7) is 5.94. The van der Waals surface area contributed by atoms with Crippen LogP contribution in [-0.4, -0.2) is 27.8 Å². The van der Waals surface area contributed by atoms with E-state index in [1.807, 2.05) is 6.07 Å². The molecular weight excluding hydrogens is 322 g/mol. The first-order valence-corrected chi connectivity index (χ1v) is 9.12. The molecule has 1 aliphatic heterocycles. The summed E-state index contributed by atoms with van der Waals surface area (Å²) in [5, 5.41) is 8.55. The van der Waals surface area contributed by atoms with Gasteiger partial charge in [-0.2, -0.15) is 10.1 Å². The monoisotopic (exact) mass is 345 g/mol. The second-order valence-electron chi connectivity index (χ2n) is 6.67. The van der Waals surface area contributed by atoms with Crippen LogP contribution in [0.25, 0.3) is 0 Å². The molecule has 0 saturated heterocycles. The standard InChI is InChI=1S/C21H23N5/c1-3-25(15-17-9-5-4-6-10-17)21-23-20(14-22-24-21)26-16(2)13-18-11-7-8-12-19(18)26/h4-12,14,16H,3,13,15H2,1-2H3. The Labute approximate surface area is 154 Å². The van der Waals surface area contributed by atoms with Gasteiger partial charge in [0.15, 0.2) is 5.82 Å². The minimum atomic E-state index is 0.362. The van der Waals surface area contributed by atoms with Crippen molar-refractivity contribution in [3.8, 4) is 0 Å². The van der Waals surface area contributed by atoms with E-state index in [1.54, 1.807) is 6.20 Å². The molecule has 0 amide bonds. The van der Waals surface area contributed by atoms with E-state index in [0.717, 1.165) is 25.3 Å². The van der Waals surface area contributed by atoms with Gasteiger partial charge in [-0.25, -0.2) is 0 Å². The topological polar surface area (TPSA) is 45.2 Å². The normalized spacial score (nSPS) is 15.8. The highest BCUT2D eigenvalue weighted by Gasteiger charge is 2.28. The van der Waals surface area contributed by atoms with Gasteiger partial charge in [-0.3, -0.25) is 0 Å². The van der Waals surface area contributed by atoms with Crippen molar-refractivity contribution >= 4 is 17.5 Å². The highest BCUT2D eigenvalue weighted by Crippen LogP contribution is 2.37. The number of aromatic nitrogens is 3. The maximum Gasteiger partial charge on any atom is 0.247 e. The zero-order valence-electron chi connectivity index (χ0n) is 15.2. The Hall–Kier alpha value is -2.95. The van der Waals surface area contributed by atoms with Crippen molar-refractivity contribution in [3.05, 3.63) is 71.9 Å². The number of nitrogens with zero attached hydrogens (tertiary/aromatic N) is 5. The second kappa shape index (κ2) is 7.12. The smallest absolute Gasteiger partial charge is 0.247 e. The molecule has 0 N–H and O–H groups in total. The molecule has 132 valence electrons. The molecule has 26 heavy (non-hydrogen) atoms. The molecule has 2 heterocycles. The molecule has 4 rings (SSSR count). The van der Waals surface area contributed by atoms with Gasteiger partial charge in [0, 0.05) is 24.8 Å². The third-order valence-electron chi connectivity index (χ3n) is 4.87. The lowest BCUT2D eigenvalue weighted by molar-refractivity contribution is 0.729. The van der Waals surface area contributed by atoms with Crippen LogP contribution in [0.3, 0.4) is 0 Å². The summed E-state index contributed by atoms with van der Waals surface area (Å²) in [6.07, 6.45) is 2.79. The zero-order chi connectivity index (χ0) is 17.9. The van der Waals surface area contributed by atoms with Crippen LogP contribution in [0.15, 0.2) is 60.8 Å². The van der Waals surface area contributed by atoms with E-state index < -0.39 is 0 Å². The number of hydrogen-bond acceptors (Lipinski definition) is 5. The van der Waals surface area contributed by atoms with Crippen molar-refractivity contribution in [2.24, 2.45) is 0 Å². The number of anilines is 3. The van der Waals surface area contributed by atoms with Gasteiger partial charge in [0.2, 0.25) is 5.95 Å². The summed E-state index contributed by atoms with van der Waals surface area (Å²) in [5.41, 5.74) is 3.82. The van der Waals surface area contributed by atoms with Gasteiger partial charge in [-0.15, -0.1) is 5.10 Å². The molecule has 0 spiro atoms. The fraction of sp³-hybridized carbons (Fsp3) is 0.286. The quantitative estimate of drug-likeness (QED) is 0.700. The molecule has 5 heteroatoms. The Kier molecular flexibility index (Phi) is 4.52. The van der Waals surface area contributed by atoms with E-state index in [9.17, 15) is 0 Å². The van der Waals surface area contributed by atoms with Crippen LogP contribution in [-0.2, 0) is 13.0 Å². The highest BCUT2D eigenvalue weighted by atomic mass is 15.4. The first kappa shape index (κ1) is 16.5. The van der Waals surface area contributed by atoms with E-state index in [0.29, 0.717) is 12.0 Å². The predicted molar refractivity (Wildman–Crippen MR) is 105 cm³/mol. The fourth-order valence-corrected chi connectivity index (χ4v) is 3.58. The van der Waals surface area contributed by atoms with Gasteiger partial charge >= 0.3 is 0 Å². The van der Waals surface area contributed by atoms with E-state index in [-0.39, 0.29) is 0 Å². The maximum absolute atomic E-state index is 4.85. The lowest BCUT2D eigenvalue weighted by Crippen LogP contribution is -2.28. The number of rotatable bonds is 5. The average molecular weight is 345 g/mol. The summed E-state index contributed by atoms with van der Waals surface area (Å²) < 4.78 is 0. The van der Waals surface area contributed by atoms with Crippen LogP contribution in [0.1, 0.15) is 25.0 Å². The average Bonchev–Trinajstić information content (AvgIpc) is 3.02. The molecule has 1 unspecified atom stereocenters. The molecule has 0 bridgehead atoms. The Bertz CT molecular complexity index is 880. The van der Waals surface area contributed by atoms with Crippen molar-refractivity contribution < 1.29 is 0 Å². The molecule has 2 aromatic carbocycles. The van der Waals surface area contributed by atoms with Crippen molar-refractivity contribution in [2.45, 2.75) is 32.9 Å². The van der Waals surface area contributed by atoms with Gasteiger partial charge in [-0.05, 0) is 37.5 Å². The molecule has 0 radical (unpaired) electrons. The van der Waals surface area contributed by atoms with E-state index >= 15 is 0 Å². The molecular formula is C21H23N5. The molecule has 0 fully saturated rings. The number of para-hydroxylation sites is 1. The Morgan fingerprint density at radius 3 is 2.65 bits per heavy atom. The minimum absolute atomic E-state index is 0.362.